The van der Waals surface area contributed by atoms with Gasteiger partial charge in [-0.1, -0.05) is 11.3 Å². The fourth-order valence-corrected chi connectivity index (χ4v) is 2.63. The molecule has 0 aliphatic heterocycles. The number of phenolic OH excluding ortho intramolecular Hbond substituents is 1. The van der Waals surface area contributed by atoms with E-state index in [4.69, 9.17) is 5.73 Å². The van der Waals surface area contributed by atoms with Crippen molar-refractivity contribution in [3.8, 4) is 17.0 Å². The largest absolute Gasteiger partial charge is 0.508 e. The molecule has 0 saturated heterocycles. The number of carbonyl (C=O) groups excluding carboxylic acids is 1. The molecule has 0 aliphatic carbocycles. The van der Waals surface area contributed by atoms with Crippen LogP contribution in [0, 0.1) is 0 Å². The number of azo groups is 1. The van der Waals surface area contributed by atoms with E-state index in [0.717, 1.165) is 23.2 Å². The van der Waals surface area contributed by atoms with Crippen LogP contribution in [-0.4, -0.2) is 16.4 Å². The normalized spacial score (nSPS) is 11.0. The lowest BCUT2D eigenvalue weighted by atomic mass is 10.1. The summed E-state index contributed by atoms with van der Waals surface area (Å²) in [5.74, 6) is 0.153. The quantitative estimate of drug-likeness (QED) is 0.424. The van der Waals surface area contributed by atoms with E-state index in [1.54, 1.807) is 48.5 Å². The van der Waals surface area contributed by atoms with Gasteiger partial charge in [0.15, 0.2) is 6.29 Å². The molecule has 0 fully saturated rings. The molecule has 7 heteroatoms. The number of nitrogen functional groups attached to an aromatic ring is 1. The molecular formula is C16H12N4O2S. The fraction of sp³-hybridized carbons (Fsp3) is 0. The number of rotatable bonds is 4. The number of benzene rings is 2. The van der Waals surface area contributed by atoms with E-state index >= 15 is 0 Å². The Kier molecular flexibility index (Phi) is 4.11. The van der Waals surface area contributed by atoms with Crippen LogP contribution in [-0.2, 0) is 0 Å². The van der Waals surface area contributed by atoms with Crippen molar-refractivity contribution in [3.63, 3.8) is 0 Å². The monoisotopic (exact) mass is 324 g/mol. The van der Waals surface area contributed by atoms with Crippen molar-refractivity contribution in [1.29, 1.82) is 0 Å². The number of hydrogen-bond acceptors (Lipinski definition) is 7. The van der Waals surface area contributed by atoms with E-state index in [9.17, 15) is 9.90 Å². The van der Waals surface area contributed by atoms with Crippen molar-refractivity contribution in [2.75, 3.05) is 5.73 Å². The lowest BCUT2D eigenvalue weighted by Gasteiger charge is -1.97. The average molecular weight is 324 g/mol. The van der Waals surface area contributed by atoms with Gasteiger partial charge in [0.1, 0.15) is 5.75 Å². The molecule has 3 aromatic rings. The molecule has 6 nitrogen and oxygen atoms in total. The van der Waals surface area contributed by atoms with Crippen LogP contribution in [0.4, 0.5) is 16.5 Å². The first-order valence-corrected chi connectivity index (χ1v) is 7.50. The smallest absolute Gasteiger partial charge is 0.231 e. The van der Waals surface area contributed by atoms with Gasteiger partial charge in [0.2, 0.25) is 5.13 Å². The summed E-state index contributed by atoms with van der Waals surface area (Å²) in [5, 5.41) is 17.9. The highest BCUT2D eigenvalue weighted by atomic mass is 32.1. The molecule has 0 saturated carbocycles. The Labute approximate surface area is 136 Å². The predicted octanol–water partition coefficient (Wildman–Crippen LogP) is 4.33. The minimum absolute atomic E-state index is 0.153. The Morgan fingerprint density at radius 3 is 2.39 bits per heavy atom. The molecule has 2 aromatic carbocycles. The summed E-state index contributed by atoms with van der Waals surface area (Å²) in [6.45, 7) is 0. The molecule has 0 radical (unpaired) electrons. The van der Waals surface area contributed by atoms with Gasteiger partial charge in [-0.15, -0.1) is 10.2 Å². The van der Waals surface area contributed by atoms with Gasteiger partial charge in [-0.05, 0) is 48.5 Å². The number of phenols is 1. The van der Waals surface area contributed by atoms with Gasteiger partial charge < -0.3 is 10.8 Å². The highest BCUT2D eigenvalue weighted by Crippen LogP contribution is 2.33. The van der Waals surface area contributed by atoms with Crippen LogP contribution in [0.2, 0.25) is 0 Å². The van der Waals surface area contributed by atoms with E-state index in [-0.39, 0.29) is 5.75 Å². The van der Waals surface area contributed by atoms with Crippen LogP contribution in [0.5, 0.6) is 5.75 Å². The molecule has 0 spiro atoms. The van der Waals surface area contributed by atoms with E-state index in [0.29, 0.717) is 27.1 Å². The van der Waals surface area contributed by atoms with E-state index in [1.807, 2.05) is 0 Å². The van der Waals surface area contributed by atoms with Crippen molar-refractivity contribution in [3.05, 3.63) is 53.4 Å². The second-order valence-electron chi connectivity index (χ2n) is 4.67. The molecule has 3 N–H and O–H groups in total. The summed E-state index contributed by atoms with van der Waals surface area (Å²) in [6.07, 6.45) is 0.738. The molecular weight excluding hydrogens is 312 g/mol. The number of thiazole rings is 1. The summed E-state index contributed by atoms with van der Waals surface area (Å²) in [7, 11) is 0. The minimum atomic E-state index is 0.153. The summed E-state index contributed by atoms with van der Waals surface area (Å²) in [5.41, 5.74) is 8.16. The Morgan fingerprint density at radius 2 is 1.74 bits per heavy atom. The number of nitrogens with two attached hydrogens (primary N) is 1. The number of aldehydes is 1. The van der Waals surface area contributed by atoms with Gasteiger partial charge >= 0.3 is 0 Å². The SMILES string of the molecule is Nc1ccc(N=Nc2nc(-c3ccc(O)cc3)c(C=O)s2)cc1. The van der Waals surface area contributed by atoms with Crippen LogP contribution >= 0.6 is 11.3 Å². The fourth-order valence-electron chi connectivity index (χ4n) is 1.91. The van der Waals surface area contributed by atoms with Crippen molar-refractivity contribution in [2.24, 2.45) is 10.2 Å². The van der Waals surface area contributed by atoms with Crippen LogP contribution < -0.4 is 5.73 Å². The summed E-state index contributed by atoms with van der Waals surface area (Å²) in [4.78, 5) is 16.0. The number of aromatic nitrogens is 1. The highest BCUT2D eigenvalue weighted by molar-refractivity contribution is 7.17. The average Bonchev–Trinajstić information content (AvgIpc) is 2.98. The zero-order valence-electron chi connectivity index (χ0n) is 11.9. The number of nitrogens with zero attached hydrogens (tertiary/aromatic N) is 3. The molecule has 1 aromatic heterocycles. The predicted molar refractivity (Wildman–Crippen MR) is 89.6 cm³/mol. The van der Waals surface area contributed by atoms with Crippen molar-refractivity contribution in [2.45, 2.75) is 0 Å². The number of aromatic hydroxyl groups is 1. The zero-order chi connectivity index (χ0) is 16.2. The van der Waals surface area contributed by atoms with Crippen molar-refractivity contribution in [1.82, 2.24) is 4.98 Å². The van der Waals surface area contributed by atoms with Gasteiger partial charge in [-0.3, -0.25) is 4.79 Å². The standard InChI is InChI=1S/C16H12N4O2S/c17-11-3-5-12(6-4-11)19-20-16-18-15(14(9-21)23-16)10-1-7-13(22)8-2-10/h1-9,22H,17H2. The Hall–Kier alpha value is -3.06. The van der Waals surface area contributed by atoms with E-state index in [2.05, 4.69) is 15.2 Å². The van der Waals surface area contributed by atoms with E-state index < -0.39 is 0 Å². The number of carbonyl (C=O) groups is 1. The van der Waals surface area contributed by atoms with Crippen LogP contribution in [0.1, 0.15) is 9.67 Å². The maximum Gasteiger partial charge on any atom is 0.231 e. The first-order chi connectivity index (χ1) is 11.2. The first-order valence-electron chi connectivity index (χ1n) is 6.68. The van der Waals surface area contributed by atoms with E-state index in [1.165, 1.54) is 0 Å². The Bertz CT molecular complexity index is 855. The van der Waals surface area contributed by atoms with Crippen LogP contribution in [0.3, 0.4) is 0 Å². The maximum atomic E-state index is 11.2. The topological polar surface area (TPSA) is 101 Å². The van der Waals surface area contributed by atoms with Crippen LogP contribution in [0.25, 0.3) is 11.3 Å². The third-order valence-corrected chi connectivity index (χ3v) is 3.90. The third-order valence-electron chi connectivity index (χ3n) is 3.03. The molecule has 0 atom stereocenters. The minimum Gasteiger partial charge on any atom is -0.508 e. The number of hydrogen-bond donors (Lipinski definition) is 2. The van der Waals surface area contributed by atoms with Gasteiger partial charge in [0.05, 0.1) is 16.3 Å². The van der Waals surface area contributed by atoms with Gasteiger partial charge in [-0.25, -0.2) is 4.98 Å². The summed E-state index contributed by atoms with van der Waals surface area (Å²) in [6, 6.07) is 13.4. The molecule has 0 unspecified atom stereocenters. The summed E-state index contributed by atoms with van der Waals surface area (Å²) < 4.78 is 0. The molecule has 3 rings (SSSR count). The molecule has 1 heterocycles. The van der Waals surface area contributed by atoms with Crippen molar-refractivity contribution >= 4 is 34.1 Å². The number of anilines is 1. The second-order valence-corrected chi connectivity index (χ2v) is 5.67. The molecule has 23 heavy (non-hydrogen) atoms. The van der Waals surface area contributed by atoms with Gasteiger partial charge in [0, 0.05) is 11.3 Å². The third kappa shape index (κ3) is 3.41. The lowest BCUT2D eigenvalue weighted by molar-refractivity contribution is 0.112. The Morgan fingerprint density at radius 1 is 1.04 bits per heavy atom. The molecule has 0 amide bonds. The summed E-state index contributed by atoms with van der Waals surface area (Å²) >= 11 is 1.15. The van der Waals surface area contributed by atoms with Gasteiger partial charge in [0.25, 0.3) is 0 Å². The van der Waals surface area contributed by atoms with Gasteiger partial charge in [-0.2, -0.15) is 0 Å². The molecule has 0 bridgehead atoms. The lowest BCUT2D eigenvalue weighted by Crippen LogP contribution is -1.82. The van der Waals surface area contributed by atoms with Crippen molar-refractivity contribution < 1.29 is 9.90 Å². The molecule has 114 valence electrons. The highest BCUT2D eigenvalue weighted by Gasteiger charge is 2.12. The Balaban J connectivity index is 1.91. The first kappa shape index (κ1) is 14.9. The molecule has 0 aliphatic rings. The second kappa shape index (κ2) is 6.37. The van der Waals surface area contributed by atoms with Crippen LogP contribution in [0.15, 0.2) is 58.8 Å². The maximum absolute atomic E-state index is 11.2. The zero-order valence-corrected chi connectivity index (χ0v) is 12.7.